The second-order valence-electron chi connectivity index (χ2n) is 7.43. The minimum atomic E-state index is -2.71. The minimum Gasteiger partial charge on any atom is -0.382 e. The van der Waals surface area contributed by atoms with Gasteiger partial charge in [0, 0.05) is 0 Å². The van der Waals surface area contributed by atoms with Crippen LogP contribution in [0.15, 0.2) is 73.3 Å². The van der Waals surface area contributed by atoms with Crippen molar-refractivity contribution in [3.05, 3.63) is 73.3 Å². The summed E-state index contributed by atoms with van der Waals surface area (Å²) in [6.45, 7) is 10.6. The van der Waals surface area contributed by atoms with E-state index >= 15 is 0 Å². The molecule has 2 atom stereocenters. The molecule has 2 aromatic rings. The molecule has 2 nitrogen and oxygen atoms in total. The summed E-state index contributed by atoms with van der Waals surface area (Å²) in [5.74, 6) is 0. The molecular weight excluding hydrogens is 312 g/mol. The predicted molar refractivity (Wildman–Crippen MR) is 102 cm³/mol. The maximum atomic E-state index is 6.82. The lowest BCUT2D eigenvalue weighted by Crippen LogP contribution is -2.61. The molecule has 1 heterocycles. The number of hydrogen-bond acceptors (Lipinski definition) is 2. The molecule has 1 aliphatic rings. The Morgan fingerprint density at radius 2 is 1.42 bits per heavy atom. The van der Waals surface area contributed by atoms with Crippen molar-refractivity contribution in [1.29, 1.82) is 0 Å². The highest BCUT2D eigenvalue weighted by Gasteiger charge is 2.56. The molecular formula is C21H26O2Si. The first-order valence-electron chi connectivity index (χ1n) is 8.55. The predicted octanol–water partition coefficient (Wildman–Crippen LogP) is 3.65. The molecule has 0 N–H and O–H groups in total. The lowest BCUT2D eigenvalue weighted by Gasteiger charge is -2.31. The summed E-state index contributed by atoms with van der Waals surface area (Å²) in [7, 11) is -2.71. The van der Waals surface area contributed by atoms with Gasteiger partial charge in [-0.2, -0.15) is 0 Å². The molecule has 0 aromatic heterocycles. The van der Waals surface area contributed by atoms with E-state index in [1.54, 1.807) is 0 Å². The Kier molecular flexibility index (Phi) is 4.77. The molecule has 2 aromatic carbocycles. The molecule has 0 spiro atoms. The van der Waals surface area contributed by atoms with Crippen molar-refractivity contribution < 1.29 is 8.85 Å². The Hall–Kier alpha value is -1.68. The summed E-state index contributed by atoms with van der Waals surface area (Å²) in [6.07, 6.45) is 2.82. The summed E-state index contributed by atoms with van der Waals surface area (Å²) in [4.78, 5) is 0. The summed E-state index contributed by atoms with van der Waals surface area (Å²) in [6, 6.07) is 20.9. The number of benzene rings is 2. The topological polar surface area (TPSA) is 18.5 Å². The number of rotatable bonds is 4. The van der Waals surface area contributed by atoms with Crippen molar-refractivity contribution in [2.75, 3.05) is 0 Å². The lowest BCUT2D eigenvalue weighted by molar-refractivity contribution is 0.0597. The third-order valence-corrected chi connectivity index (χ3v) is 7.92. The third kappa shape index (κ3) is 3.12. The summed E-state index contributed by atoms with van der Waals surface area (Å²) in [5, 5.41) is 2.33. The van der Waals surface area contributed by atoms with Gasteiger partial charge in [-0.05, 0) is 22.2 Å². The molecule has 0 saturated carbocycles. The molecule has 0 unspecified atom stereocenters. The maximum absolute atomic E-state index is 6.82. The average Bonchev–Trinajstić information content (AvgIpc) is 2.98. The minimum absolute atomic E-state index is 0.00594. The molecule has 24 heavy (non-hydrogen) atoms. The molecule has 1 aliphatic heterocycles. The van der Waals surface area contributed by atoms with Crippen LogP contribution in [-0.2, 0) is 8.85 Å². The molecule has 1 fully saturated rings. The van der Waals surface area contributed by atoms with E-state index in [0.717, 1.165) is 16.8 Å². The normalized spacial score (nSPS) is 23.1. The molecule has 0 radical (unpaired) electrons. The van der Waals surface area contributed by atoms with Gasteiger partial charge in [-0.25, -0.2) is 0 Å². The first-order chi connectivity index (χ1) is 11.5. The second-order valence-corrected chi connectivity index (χ2v) is 10.3. The Morgan fingerprint density at radius 3 is 1.83 bits per heavy atom. The molecule has 0 amide bonds. The van der Waals surface area contributed by atoms with Crippen LogP contribution in [0.5, 0.6) is 0 Å². The van der Waals surface area contributed by atoms with Crippen LogP contribution in [0.3, 0.4) is 0 Å². The van der Waals surface area contributed by atoms with Gasteiger partial charge in [0.05, 0.1) is 12.2 Å². The van der Waals surface area contributed by atoms with Gasteiger partial charge in [-0.15, -0.1) is 6.58 Å². The van der Waals surface area contributed by atoms with Gasteiger partial charge in [0.1, 0.15) is 0 Å². The first kappa shape index (κ1) is 17.2. The van der Waals surface area contributed by atoms with Crippen LogP contribution in [-0.4, -0.2) is 20.8 Å². The second kappa shape index (κ2) is 6.67. The zero-order chi connectivity index (χ0) is 17.2. The smallest absolute Gasteiger partial charge is 0.382 e. The molecule has 0 bridgehead atoms. The lowest BCUT2D eigenvalue weighted by atomic mass is 9.85. The molecule has 0 aliphatic carbocycles. The van der Waals surface area contributed by atoms with E-state index in [2.05, 4.69) is 75.9 Å². The van der Waals surface area contributed by atoms with Crippen LogP contribution in [0.1, 0.15) is 27.2 Å². The van der Waals surface area contributed by atoms with Gasteiger partial charge in [-0.1, -0.05) is 87.5 Å². The van der Waals surface area contributed by atoms with E-state index in [1.165, 1.54) is 0 Å². The van der Waals surface area contributed by atoms with Crippen LogP contribution >= 0.6 is 0 Å². The van der Waals surface area contributed by atoms with Crippen molar-refractivity contribution in [3.8, 4) is 0 Å². The van der Waals surface area contributed by atoms with Crippen molar-refractivity contribution >= 4 is 18.9 Å². The van der Waals surface area contributed by atoms with Gasteiger partial charge in [-0.3, -0.25) is 0 Å². The number of hydrogen-bond donors (Lipinski definition) is 0. The summed E-state index contributed by atoms with van der Waals surface area (Å²) in [5.41, 5.74) is 0.00594. The van der Waals surface area contributed by atoms with E-state index in [-0.39, 0.29) is 17.6 Å². The van der Waals surface area contributed by atoms with E-state index in [4.69, 9.17) is 8.85 Å². The van der Waals surface area contributed by atoms with Crippen molar-refractivity contribution in [2.45, 2.75) is 39.4 Å². The zero-order valence-electron chi connectivity index (χ0n) is 14.7. The Bertz CT molecular complexity index is 636. The summed E-state index contributed by atoms with van der Waals surface area (Å²) >= 11 is 0. The average molecular weight is 339 g/mol. The van der Waals surface area contributed by atoms with Crippen molar-refractivity contribution in [3.63, 3.8) is 0 Å². The fraction of sp³-hybridized carbons (Fsp3) is 0.333. The Morgan fingerprint density at radius 1 is 0.917 bits per heavy atom. The molecule has 3 rings (SSSR count). The third-order valence-electron chi connectivity index (χ3n) is 4.51. The molecule has 126 valence electrons. The van der Waals surface area contributed by atoms with Gasteiger partial charge >= 0.3 is 8.56 Å². The van der Waals surface area contributed by atoms with Crippen LogP contribution in [0, 0.1) is 5.41 Å². The highest BCUT2D eigenvalue weighted by Crippen LogP contribution is 2.37. The van der Waals surface area contributed by atoms with Gasteiger partial charge in [0.2, 0.25) is 0 Å². The zero-order valence-corrected chi connectivity index (χ0v) is 15.7. The SMILES string of the molecule is C=CC[C@@H]1O[Si](c2ccccc2)(c2ccccc2)O[C@H]1C(C)(C)C. The fourth-order valence-corrected chi connectivity index (χ4v) is 7.09. The van der Waals surface area contributed by atoms with E-state index < -0.39 is 8.56 Å². The van der Waals surface area contributed by atoms with Crippen molar-refractivity contribution in [2.24, 2.45) is 5.41 Å². The van der Waals surface area contributed by atoms with E-state index in [9.17, 15) is 0 Å². The van der Waals surface area contributed by atoms with Crippen LogP contribution < -0.4 is 10.4 Å². The van der Waals surface area contributed by atoms with Crippen LogP contribution in [0.2, 0.25) is 0 Å². The maximum Gasteiger partial charge on any atom is 0.407 e. The fourth-order valence-electron chi connectivity index (χ4n) is 3.38. The Labute approximate surface area is 146 Å². The van der Waals surface area contributed by atoms with Crippen LogP contribution in [0.25, 0.3) is 0 Å². The van der Waals surface area contributed by atoms with Crippen molar-refractivity contribution in [1.82, 2.24) is 0 Å². The summed E-state index contributed by atoms with van der Waals surface area (Å²) < 4.78 is 13.6. The van der Waals surface area contributed by atoms with Gasteiger partial charge in [0.15, 0.2) is 0 Å². The molecule has 3 heteroatoms. The van der Waals surface area contributed by atoms with E-state index in [1.807, 2.05) is 18.2 Å². The molecule has 1 saturated heterocycles. The van der Waals surface area contributed by atoms with Gasteiger partial charge < -0.3 is 8.85 Å². The highest BCUT2D eigenvalue weighted by molar-refractivity contribution is 6.93. The van der Waals surface area contributed by atoms with Gasteiger partial charge in [0.25, 0.3) is 0 Å². The largest absolute Gasteiger partial charge is 0.407 e. The first-order valence-corrected chi connectivity index (χ1v) is 10.4. The highest BCUT2D eigenvalue weighted by atomic mass is 28.4. The quantitative estimate of drug-likeness (QED) is 0.626. The monoisotopic (exact) mass is 338 g/mol. The van der Waals surface area contributed by atoms with Crippen LogP contribution in [0.4, 0.5) is 0 Å². The standard InChI is InChI=1S/C21H26O2Si/c1-5-12-19-20(21(2,3)4)23-24(22-19,17-13-8-6-9-14-17)18-15-10-7-11-16-18/h5-11,13-16,19-20H,1,12H2,2-4H3/t19-,20+/m0/s1. The van der Waals surface area contributed by atoms with E-state index in [0.29, 0.717) is 0 Å². The Balaban J connectivity index is 2.12.